The SMILES string of the molecule is C[C@H](O)c1nccn1Cc1cc(-c2ccc(C#C[C@H]3[C@H]4CN(CCN)C[C@@H]34)cc2)on1. The van der Waals surface area contributed by atoms with Crippen LogP contribution in [0.5, 0.6) is 0 Å². The normalized spacial score (nSPS) is 23.3. The molecule has 4 atom stereocenters. The lowest BCUT2D eigenvalue weighted by molar-refractivity contribution is 0.184. The van der Waals surface area contributed by atoms with Crippen molar-refractivity contribution in [2.24, 2.45) is 23.5 Å². The van der Waals surface area contributed by atoms with Gasteiger partial charge in [0.2, 0.25) is 0 Å². The van der Waals surface area contributed by atoms with Gasteiger partial charge in [0.25, 0.3) is 0 Å². The largest absolute Gasteiger partial charge is 0.385 e. The molecule has 1 aliphatic carbocycles. The summed E-state index contributed by atoms with van der Waals surface area (Å²) in [7, 11) is 0. The Hall–Kier alpha value is -2.92. The van der Waals surface area contributed by atoms with E-state index in [4.69, 9.17) is 10.3 Å². The summed E-state index contributed by atoms with van der Waals surface area (Å²) in [6.07, 6.45) is 2.87. The second-order valence-electron chi connectivity index (χ2n) is 8.52. The van der Waals surface area contributed by atoms with Crippen molar-refractivity contribution in [1.82, 2.24) is 19.6 Å². The van der Waals surface area contributed by atoms with Gasteiger partial charge >= 0.3 is 0 Å². The number of nitrogens with zero attached hydrogens (tertiary/aromatic N) is 4. The number of rotatable bonds is 6. The van der Waals surface area contributed by atoms with Gasteiger partial charge in [-0.3, -0.25) is 0 Å². The van der Waals surface area contributed by atoms with Crippen molar-refractivity contribution in [3.8, 4) is 23.2 Å². The van der Waals surface area contributed by atoms with Gasteiger partial charge in [-0.1, -0.05) is 17.0 Å². The molecule has 2 aliphatic rings. The summed E-state index contributed by atoms with van der Waals surface area (Å²) in [4.78, 5) is 6.64. The molecule has 5 rings (SSSR count). The number of piperidine rings is 1. The van der Waals surface area contributed by atoms with Crippen molar-refractivity contribution >= 4 is 0 Å². The van der Waals surface area contributed by atoms with Crippen molar-refractivity contribution in [2.45, 2.75) is 19.6 Å². The molecule has 1 saturated carbocycles. The minimum atomic E-state index is -0.630. The Morgan fingerprint density at radius 2 is 2.03 bits per heavy atom. The van der Waals surface area contributed by atoms with Gasteiger partial charge in [-0.2, -0.15) is 0 Å². The van der Waals surface area contributed by atoms with Gasteiger partial charge in [0, 0.05) is 61.7 Å². The van der Waals surface area contributed by atoms with Gasteiger partial charge in [0.15, 0.2) is 5.76 Å². The molecule has 0 spiro atoms. The third-order valence-corrected chi connectivity index (χ3v) is 6.28. The number of imidazole rings is 1. The summed E-state index contributed by atoms with van der Waals surface area (Å²) >= 11 is 0. The van der Waals surface area contributed by atoms with Crippen LogP contribution in [0.1, 0.15) is 30.1 Å². The van der Waals surface area contributed by atoms with Crippen LogP contribution in [0.3, 0.4) is 0 Å². The maximum absolute atomic E-state index is 9.80. The van der Waals surface area contributed by atoms with E-state index < -0.39 is 6.10 Å². The minimum Gasteiger partial charge on any atom is -0.385 e. The molecule has 7 nitrogen and oxygen atoms in total. The number of benzene rings is 1. The van der Waals surface area contributed by atoms with Gasteiger partial charge in [-0.05, 0) is 43.0 Å². The van der Waals surface area contributed by atoms with Gasteiger partial charge in [0.1, 0.15) is 17.6 Å². The van der Waals surface area contributed by atoms with E-state index in [9.17, 15) is 5.11 Å². The lowest BCUT2D eigenvalue weighted by atomic mass is 10.1. The molecule has 1 saturated heterocycles. The fourth-order valence-electron chi connectivity index (χ4n) is 4.60. The van der Waals surface area contributed by atoms with Crippen molar-refractivity contribution in [3.63, 3.8) is 0 Å². The van der Waals surface area contributed by atoms with Crippen LogP contribution in [0.25, 0.3) is 11.3 Å². The van der Waals surface area contributed by atoms with Gasteiger partial charge < -0.3 is 24.8 Å². The summed E-state index contributed by atoms with van der Waals surface area (Å²) in [5.74, 6) is 10.1. The van der Waals surface area contributed by atoms with Crippen LogP contribution in [-0.2, 0) is 6.54 Å². The monoisotopic (exact) mass is 417 g/mol. The highest BCUT2D eigenvalue weighted by atomic mass is 16.5. The fraction of sp³-hybridized carbons (Fsp3) is 0.417. The van der Waals surface area contributed by atoms with E-state index in [-0.39, 0.29) is 0 Å². The molecule has 0 bridgehead atoms. The zero-order valence-corrected chi connectivity index (χ0v) is 17.6. The van der Waals surface area contributed by atoms with Crippen LogP contribution >= 0.6 is 0 Å². The molecule has 0 amide bonds. The minimum absolute atomic E-state index is 0.500. The molecular formula is C24H27N5O2. The summed E-state index contributed by atoms with van der Waals surface area (Å²) < 4.78 is 7.40. The molecule has 1 aromatic carbocycles. The van der Waals surface area contributed by atoms with Crippen molar-refractivity contribution in [1.29, 1.82) is 0 Å². The highest BCUT2D eigenvalue weighted by Gasteiger charge is 2.54. The Morgan fingerprint density at radius 1 is 1.26 bits per heavy atom. The third-order valence-electron chi connectivity index (χ3n) is 6.28. The summed E-state index contributed by atoms with van der Waals surface area (Å²) in [5.41, 5.74) is 8.41. The number of aliphatic hydroxyl groups excluding tert-OH is 1. The molecular weight excluding hydrogens is 390 g/mol. The molecule has 7 heteroatoms. The number of fused-ring (bicyclic) bond motifs is 1. The van der Waals surface area contributed by atoms with Crippen LogP contribution in [0.15, 0.2) is 47.2 Å². The average molecular weight is 418 g/mol. The maximum atomic E-state index is 9.80. The number of hydrogen-bond donors (Lipinski definition) is 2. The number of aromatic nitrogens is 3. The Kier molecular flexibility index (Phi) is 5.36. The van der Waals surface area contributed by atoms with E-state index >= 15 is 0 Å². The number of aliphatic hydroxyl groups is 1. The van der Waals surface area contributed by atoms with Crippen molar-refractivity contribution in [3.05, 3.63) is 59.8 Å². The van der Waals surface area contributed by atoms with E-state index in [1.807, 2.05) is 41.1 Å². The zero-order valence-electron chi connectivity index (χ0n) is 17.6. The molecule has 2 fully saturated rings. The van der Waals surface area contributed by atoms with E-state index in [0.717, 1.165) is 54.8 Å². The Balaban J connectivity index is 1.20. The number of likely N-dealkylation sites (tertiary alicyclic amines) is 1. The van der Waals surface area contributed by atoms with Crippen LogP contribution in [0, 0.1) is 29.6 Å². The van der Waals surface area contributed by atoms with Crippen LogP contribution in [-0.4, -0.2) is 50.9 Å². The lowest BCUT2D eigenvalue weighted by Gasteiger charge is -2.16. The Labute approximate surface area is 181 Å². The van der Waals surface area contributed by atoms with Crippen molar-refractivity contribution < 1.29 is 9.63 Å². The molecule has 0 radical (unpaired) electrons. The molecule has 31 heavy (non-hydrogen) atoms. The van der Waals surface area contributed by atoms with Gasteiger partial charge in [0.05, 0.1) is 6.54 Å². The Bertz CT molecular complexity index is 1090. The average Bonchev–Trinajstić information content (AvgIpc) is 3.24. The highest BCUT2D eigenvalue weighted by Crippen LogP contribution is 2.51. The first-order valence-electron chi connectivity index (χ1n) is 10.8. The molecule has 0 unspecified atom stereocenters. The van der Waals surface area contributed by atoms with Gasteiger partial charge in [-0.15, -0.1) is 0 Å². The quantitative estimate of drug-likeness (QED) is 0.597. The Morgan fingerprint density at radius 3 is 2.74 bits per heavy atom. The molecule has 3 aromatic rings. The lowest BCUT2D eigenvalue weighted by Crippen LogP contribution is -2.29. The predicted molar refractivity (Wildman–Crippen MR) is 117 cm³/mol. The zero-order chi connectivity index (χ0) is 21.4. The molecule has 160 valence electrons. The molecule has 3 heterocycles. The third kappa shape index (κ3) is 4.15. The molecule has 1 aliphatic heterocycles. The maximum Gasteiger partial charge on any atom is 0.167 e. The number of hydrogen-bond acceptors (Lipinski definition) is 6. The topological polar surface area (TPSA) is 93.3 Å². The first-order chi connectivity index (χ1) is 15.1. The standard InChI is InChI=1S/C24H27N5O2/c1-16(30)24-26-9-11-29(24)13-19-12-23(31-27-19)18-5-2-17(3-6-18)4-7-20-21-14-28(10-8-25)15-22(20)21/h2-3,5-6,9,11-12,16,20-22,30H,8,10,13-15,25H2,1H3/t16-,20-,21+,22-/m0/s1. The molecule has 3 N–H and O–H groups in total. The predicted octanol–water partition coefficient (Wildman–Crippen LogP) is 2.13. The first-order valence-corrected chi connectivity index (χ1v) is 10.8. The van der Waals surface area contributed by atoms with Crippen molar-refractivity contribution in [2.75, 3.05) is 26.2 Å². The second-order valence-corrected chi connectivity index (χ2v) is 8.52. The fourth-order valence-corrected chi connectivity index (χ4v) is 4.60. The van der Waals surface area contributed by atoms with E-state index in [1.165, 1.54) is 0 Å². The summed E-state index contributed by atoms with van der Waals surface area (Å²) in [6, 6.07) is 10.0. The van der Waals surface area contributed by atoms with E-state index in [2.05, 4.69) is 26.9 Å². The first kappa shape index (κ1) is 20.0. The molecule has 2 aromatic heterocycles. The van der Waals surface area contributed by atoms with Crippen LogP contribution < -0.4 is 5.73 Å². The van der Waals surface area contributed by atoms with Crippen LogP contribution in [0.4, 0.5) is 0 Å². The van der Waals surface area contributed by atoms with E-state index in [1.54, 1.807) is 13.1 Å². The summed E-state index contributed by atoms with van der Waals surface area (Å²) in [5, 5.41) is 14.0. The van der Waals surface area contributed by atoms with Gasteiger partial charge in [-0.25, -0.2) is 4.98 Å². The van der Waals surface area contributed by atoms with Crippen LogP contribution in [0.2, 0.25) is 0 Å². The summed E-state index contributed by atoms with van der Waals surface area (Å²) in [6.45, 7) is 6.23. The smallest absolute Gasteiger partial charge is 0.167 e. The highest BCUT2D eigenvalue weighted by molar-refractivity contribution is 5.59. The number of nitrogens with two attached hydrogens (primary N) is 1. The van der Waals surface area contributed by atoms with E-state index in [0.29, 0.717) is 24.0 Å². The second kappa shape index (κ2) is 8.31.